The Morgan fingerprint density at radius 2 is 1.83 bits per heavy atom. The summed E-state index contributed by atoms with van der Waals surface area (Å²) in [5.41, 5.74) is 2.56. The van der Waals surface area contributed by atoms with E-state index in [9.17, 15) is 4.79 Å². The lowest BCUT2D eigenvalue weighted by molar-refractivity contribution is -0.141. The van der Waals surface area contributed by atoms with Gasteiger partial charge in [-0.25, -0.2) is 0 Å². The SMILES string of the molecule is CC(C)c1ccc([C@@H]2CC(=O)O[C@H]2C(C)I)cc1. The molecule has 1 aliphatic heterocycles. The Hall–Kier alpha value is -0.580. The molecule has 98 valence electrons. The van der Waals surface area contributed by atoms with Crippen LogP contribution in [0.4, 0.5) is 0 Å². The van der Waals surface area contributed by atoms with Gasteiger partial charge in [-0.1, -0.05) is 60.7 Å². The minimum absolute atomic E-state index is 0.0167. The molecule has 1 heterocycles. The molecule has 1 unspecified atom stereocenters. The van der Waals surface area contributed by atoms with Gasteiger partial charge in [0.25, 0.3) is 0 Å². The molecule has 18 heavy (non-hydrogen) atoms. The molecular weight excluding hydrogens is 339 g/mol. The van der Waals surface area contributed by atoms with Crippen molar-refractivity contribution in [3.05, 3.63) is 35.4 Å². The Kier molecular flexibility index (Phi) is 4.30. The molecule has 3 atom stereocenters. The largest absolute Gasteiger partial charge is 0.461 e. The van der Waals surface area contributed by atoms with Gasteiger partial charge in [-0.3, -0.25) is 4.79 Å². The monoisotopic (exact) mass is 358 g/mol. The molecule has 0 amide bonds. The van der Waals surface area contributed by atoms with Crippen LogP contribution < -0.4 is 0 Å². The number of halogens is 1. The summed E-state index contributed by atoms with van der Waals surface area (Å²) in [5.74, 6) is 0.687. The number of esters is 1. The first-order chi connectivity index (χ1) is 8.49. The third kappa shape index (κ3) is 2.87. The molecule has 3 heteroatoms. The van der Waals surface area contributed by atoms with Crippen molar-refractivity contribution in [1.82, 2.24) is 0 Å². The second-order valence-electron chi connectivity index (χ2n) is 5.26. The Bertz CT molecular complexity index is 423. The Labute approximate surface area is 122 Å². The zero-order chi connectivity index (χ0) is 13.3. The summed E-state index contributed by atoms with van der Waals surface area (Å²) < 4.78 is 5.76. The lowest BCUT2D eigenvalue weighted by Crippen LogP contribution is -2.23. The van der Waals surface area contributed by atoms with Gasteiger partial charge in [0.1, 0.15) is 6.10 Å². The third-order valence-corrected chi connectivity index (χ3v) is 4.24. The van der Waals surface area contributed by atoms with E-state index in [0.29, 0.717) is 16.3 Å². The highest BCUT2D eigenvalue weighted by Gasteiger charge is 2.38. The van der Waals surface area contributed by atoms with Crippen LogP contribution in [0.1, 0.15) is 50.2 Å². The van der Waals surface area contributed by atoms with Crippen molar-refractivity contribution < 1.29 is 9.53 Å². The van der Waals surface area contributed by atoms with E-state index in [1.807, 2.05) is 0 Å². The molecule has 0 spiro atoms. The van der Waals surface area contributed by atoms with Crippen LogP contribution in [0.5, 0.6) is 0 Å². The lowest BCUT2D eigenvalue weighted by atomic mass is 9.89. The van der Waals surface area contributed by atoms with Crippen molar-refractivity contribution in [3.63, 3.8) is 0 Å². The van der Waals surface area contributed by atoms with Gasteiger partial charge in [-0.05, 0) is 24.0 Å². The van der Waals surface area contributed by atoms with Gasteiger partial charge >= 0.3 is 5.97 Å². The minimum Gasteiger partial charge on any atom is -0.461 e. The van der Waals surface area contributed by atoms with E-state index in [4.69, 9.17) is 4.74 Å². The highest BCUT2D eigenvalue weighted by Crippen LogP contribution is 2.36. The number of rotatable bonds is 3. The predicted octanol–water partition coefficient (Wildman–Crippen LogP) is 4.03. The smallest absolute Gasteiger partial charge is 0.306 e. The van der Waals surface area contributed by atoms with E-state index < -0.39 is 0 Å². The topological polar surface area (TPSA) is 26.3 Å². The first-order valence-corrected chi connectivity index (χ1v) is 7.67. The van der Waals surface area contributed by atoms with E-state index in [2.05, 4.69) is 67.6 Å². The van der Waals surface area contributed by atoms with Gasteiger partial charge in [0.2, 0.25) is 0 Å². The normalized spacial score (nSPS) is 25.3. The summed E-state index contributed by atoms with van der Waals surface area (Å²) in [5, 5.41) is 0. The molecule has 1 aliphatic rings. The van der Waals surface area contributed by atoms with Crippen molar-refractivity contribution in [1.29, 1.82) is 0 Å². The fraction of sp³-hybridized carbons (Fsp3) is 0.533. The van der Waals surface area contributed by atoms with Crippen molar-refractivity contribution >= 4 is 28.6 Å². The van der Waals surface area contributed by atoms with Crippen LogP contribution in [0.3, 0.4) is 0 Å². The van der Waals surface area contributed by atoms with Gasteiger partial charge in [0, 0.05) is 9.84 Å². The second kappa shape index (κ2) is 5.59. The Morgan fingerprint density at radius 3 is 2.33 bits per heavy atom. The van der Waals surface area contributed by atoms with Crippen LogP contribution in [-0.4, -0.2) is 16.0 Å². The first-order valence-electron chi connectivity index (χ1n) is 6.42. The molecular formula is C15H19IO2. The van der Waals surface area contributed by atoms with Crippen molar-refractivity contribution in [2.24, 2.45) is 0 Å². The van der Waals surface area contributed by atoms with Crippen LogP contribution in [0.2, 0.25) is 0 Å². The summed E-state index contributed by atoms with van der Waals surface area (Å²) in [6, 6.07) is 8.62. The molecule has 1 aromatic rings. The molecule has 2 nitrogen and oxygen atoms in total. The van der Waals surface area contributed by atoms with Crippen LogP contribution in [0.15, 0.2) is 24.3 Å². The van der Waals surface area contributed by atoms with Gasteiger partial charge in [0.05, 0.1) is 6.42 Å². The van der Waals surface area contributed by atoms with Crippen LogP contribution >= 0.6 is 22.6 Å². The quantitative estimate of drug-likeness (QED) is 0.463. The maximum absolute atomic E-state index is 11.5. The predicted molar refractivity (Wildman–Crippen MR) is 81.3 cm³/mol. The van der Waals surface area contributed by atoms with Gasteiger partial charge in [-0.15, -0.1) is 0 Å². The van der Waals surface area contributed by atoms with Crippen LogP contribution in [0.25, 0.3) is 0 Å². The van der Waals surface area contributed by atoms with E-state index in [-0.39, 0.29) is 18.0 Å². The zero-order valence-electron chi connectivity index (χ0n) is 11.0. The highest BCUT2D eigenvalue weighted by molar-refractivity contribution is 14.1. The molecule has 0 saturated carbocycles. The van der Waals surface area contributed by atoms with E-state index in [1.165, 1.54) is 11.1 Å². The van der Waals surface area contributed by atoms with Crippen molar-refractivity contribution in [2.45, 2.75) is 49.1 Å². The summed E-state index contributed by atoms with van der Waals surface area (Å²) in [6.07, 6.45) is 0.530. The van der Waals surface area contributed by atoms with E-state index in [1.54, 1.807) is 0 Å². The third-order valence-electron chi connectivity index (χ3n) is 3.53. The zero-order valence-corrected chi connectivity index (χ0v) is 13.2. The first kappa shape index (κ1) is 13.8. The molecule has 0 aromatic heterocycles. The van der Waals surface area contributed by atoms with Crippen molar-refractivity contribution in [2.75, 3.05) is 0 Å². The summed E-state index contributed by atoms with van der Waals surface area (Å²) in [4.78, 5) is 11.5. The molecule has 0 aliphatic carbocycles. The molecule has 2 rings (SSSR count). The Morgan fingerprint density at radius 1 is 1.22 bits per heavy atom. The maximum atomic E-state index is 11.5. The second-order valence-corrected chi connectivity index (χ2v) is 7.23. The molecule has 0 bridgehead atoms. The fourth-order valence-corrected chi connectivity index (χ4v) is 3.08. The molecule has 0 N–H and O–H groups in total. The molecule has 1 saturated heterocycles. The van der Waals surface area contributed by atoms with E-state index in [0.717, 1.165) is 0 Å². The number of carbonyl (C=O) groups excluding carboxylic acids is 1. The average Bonchev–Trinajstić information content (AvgIpc) is 2.71. The number of hydrogen-bond donors (Lipinski definition) is 0. The lowest BCUT2D eigenvalue weighted by Gasteiger charge is -2.20. The standard InChI is InChI=1S/C15H19IO2/c1-9(2)11-4-6-12(7-5-11)13-8-14(17)18-15(13)10(3)16/h4-7,9-10,13,15H,8H2,1-3H3/t10?,13-,15-/m0/s1. The minimum atomic E-state index is -0.0681. The maximum Gasteiger partial charge on any atom is 0.306 e. The number of benzene rings is 1. The van der Waals surface area contributed by atoms with Gasteiger partial charge in [-0.2, -0.15) is 0 Å². The van der Waals surface area contributed by atoms with Gasteiger partial charge < -0.3 is 4.74 Å². The average molecular weight is 358 g/mol. The number of ether oxygens (including phenoxy) is 1. The summed E-state index contributed by atoms with van der Waals surface area (Å²) >= 11 is 2.34. The van der Waals surface area contributed by atoms with E-state index >= 15 is 0 Å². The highest BCUT2D eigenvalue weighted by atomic mass is 127. The number of hydrogen-bond acceptors (Lipinski definition) is 2. The fourth-order valence-electron chi connectivity index (χ4n) is 2.43. The Balaban J connectivity index is 2.22. The molecule has 1 fully saturated rings. The summed E-state index contributed by atoms with van der Waals surface area (Å²) in [7, 11) is 0. The van der Waals surface area contributed by atoms with Gasteiger partial charge in [0.15, 0.2) is 0 Å². The number of carbonyl (C=O) groups is 1. The van der Waals surface area contributed by atoms with Crippen LogP contribution in [0, 0.1) is 0 Å². The van der Waals surface area contributed by atoms with Crippen LogP contribution in [-0.2, 0) is 9.53 Å². The number of alkyl halides is 1. The summed E-state index contributed by atoms with van der Waals surface area (Å²) in [6.45, 7) is 6.47. The molecule has 0 radical (unpaired) electrons. The van der Waals surface area contributed by atoms with Crippen molar-refractivity contribution in [3.8, 4) is 0 Å². The number of cyclic esters (lactones) is 1. The molecule has 1 aromatic carbocycles.